The molecule has 2 atom stereocenters. The minimum absolute atomic E-state index is 0.184. The van der Waals surface area contributed by atoms with E-state index < -0.39 is 0 Å². The van der Waals surface area contributed by atoms with Crippen molar-refractivity contribution in [2.24, 2.45) is 10.2 Å². The van der Waals surface area contributed by atoms with Gasteiger partial charge in [0, 0.05) is 5.92 Å². The molecule has 2 rings (SSSR count). The molecule has 0 fully saturated rings. The van der Waals surface area contributed by atoms with E-state index in [4.69, 9.17) is 11.6 Å². The third-order valence-electron chi connectivity index (χ3n) is 2.29. The third kappa shape index (κ3) is 1.89. The quantitative estimate of drug-likeness (QED) is 0.485. The number of nitrogens with zero attached hydrogens (tertiary/aromatic N) is 2. The molecule has 0 N–H and O–H groups in total. The maximum absolute atomic E-state index is 6.06. The first-order valence-electron chi connectivity index (χ1n) is 4.43. The van der Waals surface area contributed by atoms with Gasteiger partial charge in [0.1, 0.15) is 0 Å². The van der Waals surface area contributed by atoms with Crippen molar-refractivity contribution >= 4 is 11.6 Å². The van der Waals surface area contributed by atoms with E-state index in [1.807, 2.05) is 18.2 Å². The highest BCUT2D eigenvalue weighted by Gasteiger charge is 2.22. The summed E-state index contributed by atoms with van der Waals surface area (Å²) >= 11 is 6.06. The van der Waals surface area contributed by atoms with E-state index in [1.54, 1.807) is 0 Å². The average molecular weight is 195 g/mol. The van der Waals surface area contributed by atoms with Crippen LogP contribution in [0.1, 0.15) is 17.9 Å². The van der Waals surface area contributed by atoms with Crippen molar-refractivity contribution in [2.45, 2.75) is 17.8 Å². The molecule has 3 heteroatoms. The molecule has 13 heavy (non-hydrogen) atoms. The molecular formula is C10H11ClN2. The first-order chi connectivity index (χ1) is 6.38. The van der Waals surface area contributed by atoms with E-state index in [-0.39, 0.29) is 5.50 Å². The van der Waals surface area contributed by atoms with Gasteiger partial charge in [0.15, 0.2) is 5.50 Å². The highest BCUT2D eigenvalue weighted by atomic mass is 35.5. The summed E-state index contributed by atoms with van der Waals surface area (Å²) in [7, 11) is 0. The molecule has 0 bridgehead atoms. The monoisotopic (exact) mass is 194 g/mol. The largest absolute Gasteiger partial charge is 0.193 e. The van der Waals surface area contributed by atoms with E-state index >= 15 is 0 Å². The Morgan fingerprint density at radius 3 is 2.69 bits per heavy atom. The molecule has 2 nitrogen and oxygen atoms in total. The van der Waals surface area contributed by atoms with Gasteiger partial charge in [-0.05, 0) is 12.0 Å². The fraction of sp³-hybridized carbons (Fsp3) is 0.400. The van der Waals surface area contributed by atoms with Crippen molar-refractivity contribution in [1.29, 1.82) is 0 Å². The SMILES string of the molecule is ClC1N=NCCC1c1ccccc1. The number of benzene rings is 1. The van der Waals surface area contributed by atoms with E-state index in [1.165, 1.54) is 5.56 Å². The molecule has 1 heterocycles. The lowest BCUT2D eigenvalue weighted by Gasteiger charge is -2.21. The van der Waals surface area contributed by atoms with Crippen LogP contribution < -0.4 is 0 Å². The molecule has 1 aliphatic heterocycles. The summed E-state index contributed by atoms with van der Waals surface area (Å²) in [6.07, 6.45) is 1.00. The van der Waals surface area contributed by atoms with Crippen LogP contribution in [-0.4, -0.2) is 12.0 Å². The summed E-state index contributed by atoms with van der Waals surface area (Å²) in [5.41, 5.74) is 1.08. The number of halogens is 1. The van der Waals surface area contributed by atoms with Crippen molar-refractivity contribution in [3.05, 3.63) is 35.9 Å². The molecule has 68 valence electrons. The van der Waals surface area contributed by atoms with Crippen LogP contribution in [0, 0.1) is 0 Å². The fourth-order valence-corrected chi connectivity index (χ4v) is 1.91. The predicted octanol–water partition coefficient (Wildman–Crippen LogP) is 3.19. The Bertz CT molecular complexity index is 297. The molecular weight excluding hydrogens is 184 g/mol. The van der Waals surface area contributed by atoms with Crippen LogP contribution in [-0.2, 0) is 0 Å². The number of hydrogen-bond acceptors (Lipinski definition) is 2. The normalized spacial score (nSPS) is 27.5. The minimum Gasteiger partial charge on any atom is -0.193 e. The van der Waals surface area contributed by atoms with Crippen molar-refractivity contribution < 1.29 is 0 Å². The molecule has 0 amide bonds. The Morgan fingerprint density at radius 2 is 2.00 bits per heavy atom. The van der Waals surface area contributed by atoms with Crippen LogP contribution in [0.3, 0.4) is 0 Å². The molecule has 1 aliphatic rings. The number of alkyl halides is 1. The Kier molecular flexibility index (Phi) is 2.60. The lowest BCUT2D eigenvalue weighted by atomic mass is 9.95. The van der Waals surface area contributed by atoms with Crippen molar-refractivity contribution in [1.82, 2.24) is 0 Å². The zero-order valence-electron chi connectivity index (χ0n) is 7.23. The Labute approximate surface area is 82.6 Å². The van der Waals surface area contributed by atoms with Gasteiger partial charge in [0.25, 0.3) is 0 Å². The Morgan fingerprint density at radius 1 is 1.23 bits per heavy atom. The zero-order valence-corrected chi connectivity index (χ0v) is 7.98. The summed E-state index contributed by atoms with van der Waals surface area (Å²) in [5, 5.41) is 7.91. The van der Waals surface area contributed by atoms with Gasteiger partial charge in [-0.25, -0.2) is 0 Å². The second kappa shape index (κ2) is 3.88. The molecule has 0 saturated heterocycles. The average Bonchev–Trinajstić information content (AvgIpc) is 2.20. The fourth-order valence-electron chi connectivity index (χ4n) is 1.58. The molecule has 0 aliphatic carbocycles. The molecule has 0 radical (unpaired) electrons. The highest BCUT2D eigenvalue weighted by Crippen LogP contribution is 2.30. The van der Waals surface area contributed by atoms with Crippen LogP contribution >= 0.6 is 11.6 Å². The Hall–Kier alpha value is -0.890. The van der Waals surface area contributed by atoms with Crippen LogP contribution in [0.5, 0.6) is 0 Å². The van der Waals surface area contributed by atoms with Gasteiger partial charge in [0.2, 0.25) is 0 Å². The summed E-state index contributed by atoms with van der Waals surface area (Å²) in [6.45, 7) is 0.794. The number of hydrogen-bond donors (Lipinski definition) is 0. The van der Waals surface area contributed by atoms with Crippen molar-refractivity contribution in [3.8, 4) is 0 Å². The second-order valence-corrected chi connectivity index (χ2v) is 3.61. The van der Waals surface area contributed by atoms with Crippen molar-refractivity contribution in [3.63, 3.8) is 0 Å². The molecule has 0 spiro atoms. The van der Waals surface area contributed by atoms with E-state index in [0.717, 1.165) is 13.0 Å². The summed E-state index contributed by atoms with van der Waals surface area (Å²) < 4.78 is 0. The Balaban J connectivity index is 2.22. The highest BCUT2D eigenvalue weighted by molar-refractivity contribution is 6.21. The second-order valence-electron chi connectivity index (χ2n) is 3.16. The van der Waals surface area contributed by atoms with Crippen LogP contribution in [0.2, 0.25) is 0 Å². The molecule has 2 unspecified atom stereocenters. The maximum Gasteiger partial charge on any atom is 0.151 e. The molecule has 1 aromatic carbocycles. The molecule has 0 saturated carbocycles. The first-order valence-corrected chi connectivity index (χ1v) is 4.87. The van der Waals surface area contributed by atoms with E-state index in [2.05, 4.69) is 22.4 Å². The number of azo groups is 1. The maximum atomic E-state index is 6.06. The van der Waals surface area contributed by atoms with Gasteiger partial charge in [-0.1, -0.05) is 41.9 Å². The summed E-state index contributed by atoms with van der Waals surface area (Å²) in [4.78, 5) is 0. The minimum atomic E-state index is -0.184. The van der Waals surface area contributed by atoms with E-state index in [9.17, 15) is 0 Å². The van der Waals surface area contributed by atoms with Gasteiger partial charge >= 0.3 is 0 Å². The summed E-state index contributed by atoms with van der Waals surface area (Å²) in [5.74, 6) is 0.334. The topological polar surface area (TPSA) is 24.7 Å². The van der Waals surface area contributed by atoms with Crippen LogP contribution in [0.15, 0.2) is 40.6 Å². The predicted molar refractivity (Wildman–Crippen MR) is 53.2 cm³/mol. The third-order valence-corrected chi connectivity index (χ3v) is 2.68. The van der Waals surface area contributed by atoms with E-state index in [0.29, 0.717) is 5.92 Å². The van der Waals surface area contributed by atoms with Gasteiger partial charge in [-0.3, -0.25) is 0 Å². The van der Waals surface area contributed by atoms with Crippen molar-refractivity contribution in [2.75, 3.05) is 6.54 Å². The van der Waals surface area contributed by atoms with Gasteiger partial charge in [-0.15, -0.1) is 0 Å². The molecule has 1 aromatic rings. The lowest BCUT2D eigenvalue weighted by molar-refractivity contribution is 0.532. The smallest absolute Gasteiger partial charge is 0.151 e. The van der Waals surface area contributed by atoms with Gasteiger partial charge in [0.05, 0.1) is 6.54 Å². The molecule has 0 aromatic heterocycles. The standard InChI is InChI=1S/C10H11ClN2/c11-10-9(6-7-12-13-10)8-4-2-1-3-5-8/h1-5,9-10H,6-7H2. The van der Waals surface area contributed by atoms with Crippen LogP contribution in [0.4, 0.5) is 0 Å². The summed E-state index contributed by atoms with van der Waals surface area (Å²) in [6, 6.07) is 10.3. The first kappa shape index (κ1) is 8.70. The van der Waals surface area contributed by atoms with Gasteiger partial charge in [-0.2, -0.15) is 10.2 Å². The lowest BCUT2D eigenvalue weighted by Crippen LogP contribution is -2.15. The van der Waals surface area contributed by atoms with Gasteiger partial charge < -0.3 is 0 Å². The van der Waals surface area contributed by atoms with Crippen LogP contribution in [0.25, 0.3) is 0 Å². The zero-order chi connectivity index (χ0) is 9.10. The number of rotatable bonds is 1.